The normalized spacial score (nSPS) is 13.3. The van der Waals surface area contributed by atoms with Crippen molar-refractivity contribution in [3.8, 4) is 11.8 Å². The molecule has 1 atom stereocenters. The van der Waals surface area contributed by atoms with Crippen molar-refractivity contribution >= 4 is 5.97 Å². The minimum absolute atomic E-state index is 0.409. The lowest BCUT2D eigenvalue weighted by molar-refractivity contribution is -0.157. The number of esters is 1. The van der Waals surface area contributed by atoms with Gasteiger partial charge in [0.25, 0.3) is 0 Å². The Kier molecular flexibility index (Phi) is 3.48. The van der Waals surface area contributed by atoms with Crippen molar-refractivity contribution in [2.24, 2.45) is 0 Å². The summed E-state index contributed by atoms with van der Waals surface area (Å²) < 4.78 is 4.53. The Bertz CT molecular complexity index is 400. The second-order valence-electron chi connectivity index (χ2n) is 2.94. The van der Waals surface area contributed by atoms with E-state index in [2.05, 4.69) is 16.6 Å². The van der Waals surface area contributed by atoms with E-state index in [1.54, 1.807) is 37.3 Å². The second kappa shape index (κ2) is 4.63. The van der Waals surface area contributed by atoms with E-state index < -0.39 is 11.6 Å². The zero-order chi connectivity index (χ0) is 11.3. The number of hydrogen-bond acceptors (Lipinski definition) is 3. The highest BCUT2D eigenvalue weighted by Gasteiger charge is 2.37. The van der Waals surface area contributed by atoms with Gasteiger partial charge >= 0.3 is 5.97 Å². The van der Waals surface area contributed by atoms with Crippen LogP contribution in [0.25, 0.3) is 0 Å². The third-order valence-electron chi connectivity index (χ3n) is 1.98. The first-order valence-electron chi connectivity index (χ1n) is 4.45. The van der Waals surface area contributed by atoms with Gasteiger partial charge in [-0.3, -0.25) is 0 Å². The highest BCUT2D eigenvalue weighted by Crippen LogP contribution is 2.21. The minimum Gasteiger partial charge on any atom is -0.466 e. The number of benzene rings is 1. The van der Waals surface area contributed by atoms with Crippen LogP contribution < -0.4 is 0 Å². The molecule has 3 nitrogen and oxygen atoms in total. The molecule has 0 aliphatic carbocycles. The Balaban J connectivity index is 3.23. The molecule has 0 spiro atoms. The number of rotatable bonds is 2. The van der Waals surface area contributed by atoms with Gasteiger partial charge in [0.05, 0.1) is 7.11 Å². The first kappa shape index (κ1) is 11.3. The van der Waals surface area contributed by atoms with Crippen LogP contribution in [0.2, 0.25) is 0 Å². The molecule has 0 saturated carbocycles. The van der Waals surface area contributed by atoms with Gasteiger partial charge < -0.3 is 9.84 Å². The number of carbonyl (C=O) groups is 1. The lowest BCUT2D eigenvalue weighted by atomic mass is 9.94. The molecule has 0 unspecified atom stereocenters. The number of aliphatic hydroxyl groups is 1. The van der Waals surface area contributed by atoms with Crippen molar-refractivity contribution in [3.05, 3.63) is 35.9 Å². The summed E-state index contributed by atoms with van der Waals surface area (Å²) >= 11 is 0. The zero-order valence-electron chi connectivity index (χ0n) is 8.65. The van der Waals surface area contributed by atoms with Gasteiger partial charge in [0.15, 0.2) is 0 Å². The van der Waals surface area contributed by atoms with Gasteiger partial charge in [0.1, 0.15) is 0 Å². The summed E-state index contributed by atoms with van der Waals surface area (Å²) in [7, 11) is 1.22. The summed E-state index contributed by atoms with van der Waals surface area (Å²) in [5.41, 5.74) is -1.46. The van der Waals surface area contributed by atoms with E-state index in [-0.39, 0.29) is 0 Å². The lowest BCUT2D eigenvalue weighted by Gasteiger charge is -2.19. The fourth-order valence-electron chi connectivity index (χ4n) is 1.25. The van der Waals surface area contributed by atoms with Crippen LogP contribution in [0.15, 0.2) is 30.3 Å². The highest BCUT2D eigenvalue weighted by molar-refractivity contribution is 5.84. The average molecular weight is 204 g/mol. The molecule has 0 aromatic heterocycles. The molecule has 78 valence electrons. The largest absolute Gasteiger partial charge is 0.466 e. The fraction of sp³-hybridized carbons (Fsp3) is 0.250. The molecule has 0 fully saturated rings. The van der Waals surface area contributed by atoms with Gasteiger partial charge in [-0.15, -0.1) is 5.92 Å². The number of ether oxygens (including phenoxy) is 1. The maximum atomic E-state index is 11.4. The Labute approximate surface area is 88.7 Å². The van der Waals surface area contributed by atoms with Crippen LogP contribution in [-0.2, 0) is 15.1 Å². The van der Waals surface area contributed by atoms with Crippen molar-refractivity contribution in [2.45, 2.75) is 12.5 Å². The molecule has 15 heavy (non-hydrogen) atoms. The molecule has 1 aromatic carbocycles. The van der Waals surface area contributed by atoms with Crippen LogP contribution in [0.4, 0.5) is 0 Å². The fourth-order valence-corrected chi connectivity index (χ4v) is 1.25. The quantitative estimate of drug-likeness (QED) is 0.579. The van der Waals surface area contributed by atoms with Crippen molar-refractivity contribution in [2.75, 3.05) is 7.11 Å². The monoisotopic (exact) mass is 204 g/mol. The summed E-state index contributed by atoms with van der Waals surface area (Å²) in [6.07, 6.45) is 0. The molecule has 0 saturated heterocycles. The average Bonchev–Trinajstić information content (AvgIpc) is 2.29. The first-order chi connectivity index (χ1) is 7.15. The van der Waals surface area contributed by atoms with E-state index in [4.69, 9.17) is 0 Å². The number of carbonyl (C=O) groups excluding carboxylic acids is 1. The molecule has 1 rings (SSSR count). The van der Waals surface area contributed by atoms with Gasteiger partial charge in [-0.25, -0.2) is 4.79 Å². The highest BCUT2D eigenvalue weighted by atomic mass is 16.5. The molecular formula is C12H12O3. The zero-order valence-corrected chi connectivity index (χ0v) is 8.65. The van der Waals surface area contributed by atoms with E-state index >= 15 is 0 Å². The van der Waals surface area contributed by atoms with E-state index in [1.165, 1.54) is 7.11 Å². The third kappa shape index (κ3) is 2.17. The Hall–Kier alpha value is -1.79. The van der Waals surface area contributed by atoms with E-state index in [9.17, 15) is 9.90 Å². The lowest BCUT2D eigenvalue weighted by Crippen LogP contribution is -2.35. The van der Waals surface area contributed by atoms with Crippen LogP contribution in [0.3, 0.4) is 0 Å². The predicted molar refractivity (Wildman–Crippen MR) is 55.8 cm³/mol. The maximum Gasteiger partial charge on any atom is 0.355 e. The molecule has 0 aliphatic rings. The van der Waals surface area contributed by atoms with Crippen LogP contribution >= 0.6 is 0 Å². The van der Waals surface area contributed by atoms with Gasteiger partial charge in [0, 0.05) is 5.56 Å². The van der Waals surface area contributed by atoms with Crippen LogP contribution in [-0.4, -0.2) is 18.2 Å². The smallest absolute Gasteiger partial charge is 0.355 e. The van der Waals surface area contributed by atoms with Gasteiger partial charge in [-0.05, 0) is 6.92 Å². The first-order valence-corrected chi connectivity index (χ1v) is 4.45. The topological polar surface area (TPSA) is 46.5 Å². The summed E-state index contributed by atoms with van der Waals surface area (Å²) in [4.78, 5) is 11.4. The predicted octanol–water partition coefficient (Wildman–Crippen LogP) is 1.07. The van der Waals surface area contributed by atoms with Crippen molar-refractivity contribution < 1.29 is 14.6 Å². The molecule has 1 N–H and O–H groups in total. The van der Waals surface area contributed by atoms with Crippen molar-refractivity contribution in [3.63, 3.8) is 0 Å². The standard InChI is InChI=1S/C12H12O3/c1-3-9-12(14,11(13)15-2)10-7-5-4-6-8-10/h4-8,14H,1-2H3/t12-/m1/s1. The summed E-state index contributed by atoms with van der Waals surface area (Å²) in [6, 6.07) is 8.49. The van der Waals surface area contributed by atoms with Crippen molar-refractivity contribution in [1.82, 2.24) is 0 Å². The minimum atomic E-state index is -1.87. The van der Waals surface area contributed by atoms with Gasteiger partial charge in [-0.1, -0.05) is 36.3 Å². The molecule has 0 heterocycles. The van der Waals surface area contributed by atoms with Crippen molar-refractivity contribution in [1.29, 1.82) is 0 Å². The number of methoxy groups -OCH3 is 1. The Morgan fingerprint density at radius 3 is 2.47 bits per heavy atom. The molecule has 0 radical (unpaired) electrons. The summed E-state index contributed by atoms with van der Waals surface area (Å²) in [6.45, 7) is 1.55. The Morgan fingerprint density at radius 1 is 1.40 bits per heavy atom. The second-order valence-corrected chi connectivity index (χ2v) is 2.94. The third-order valence-corrected chi connectivity index (χ3v) is 1.98. The van der Waals surface area contributed by atoms with Gasteiger partial charge in [-0.2, -0.15) is 0 Å². The van der Waals surface area contributed by atoms with E-state index in [0.29, 0.717) is 5.56 Å². The molecule has 0 aliphatic heterocycles. The molecule has 0 bridgehead atoms. The van der Waals surface area contributed by atoms with Crippen LogP contribution in [0, 0.1) is 11.8 Å². The van der Waals surface area contributed by atoms with E-state index in [0.717, 1.165) is 0 Å². The van der Waals surface area contributed by atoms with E-state index in [1.807, 2.05) is 0 Å². The Morgan fingerprint density at radius 2 is 2.00 bits per heavy atom. The molecule has 1 aromatic rings. The van der Waals surface area contributed by atoms with Crippen LogP contribution in [0.1, 0.15) is 12.5 Å². The van der Waals surface area contributed by atoms with Crippen LogP contribution in [0.5, 0.6) is 0 Å². The molecule has 0 amide bonds. The summed E-state index contributed by atoms with van der Waals surface area (Å²) in [5.74, 6) is 4.20. The van der Waals surface area contributed by atoms with Gasteiger partial charge in [0.2, 0.25) is 5.60 Å². The maximum absolute atomic E-state index is 11.4. The summed E-state index contributed by atoms with van der Waals surface area (Å²) in [5, 5.41) is 10.1. The SMILES string of the molecule is CC#C[C@](O)(C(=O)OC)c1ccccc1. The molecule has 3 heteroatoms. The molecular weight excluding hydrogens is 192 g/mol. The number of hydrogen-bond donors (Lipinski definition) is 1.